The number of halogens is 1. The Labute approximate surface area is 275 Å². The van der Waals surface area contributed by atoms with Gasteiger partial charge in [-0.15, -0.1) is 0 Å². The summed E-state index contributed by atoms with van der Waals surface area (Å²) in [6.07, 6.45) is -0.550. The monoisotopic (exact) mass is 661 g/mol. The van der Waals surface area contributed by atoms with Gasteiger partial charge in [-0.3, -0.25) is 4.79 Å². The number of hydrogen-bond donors (Lipinski definition) is 5. The molecule has 2 aromatic carbocycles. The van der Waals surface area contributed by atoms with Crippen LogP contribution in [0.25, 0.3) is 0 Å². The molecule has 2 aliphatic heterocycles. The molecule has 2 aromatic rings. The summed E-state index contributed by atoms with van der Waals surface area (Å²) in [5.74, 6) is -3.10. The van der Waals surface area contributed by atoms with Gasteiger partial charge < -0.3 is 45.0 Å². The predicted octanol–water partition coefficient (Wildman–Crippen LogP) is 2.96. The summed E-state index contributed by atoms with van der Waals surface area (Å²) in [5.41, 5.74) is 3.04. The molecule has 0 radical (unpaired) electrons. The molecular weight excluding hydrogens is 613 g/mol. The van der Waals surface area contributed by atoms with E-state index in [-0.39, 0.29) is 24.1 Å². The quantitative estimate of drug-likeness (QED) is 0.202. The highest BCUT2D eigenvalue weighted by Gasteiger charge is 2.30. The van der Waals surface area contributed by atoms with E-state index in [1.807, 2.05) is 29.2 Å². The molecule has 4 rings (SSSR count). The van der Waals surface area contributed by atoms with Crippen LogP contribution < -0.4 is 5.32 Å². The molecule has 12 nitrogen and oxygen atoms in total. The van der Waals surface area contributed by atoms with Crippen LogP contribution >= 0.6 is 0 Å². The molecule has 2 saturated heterocycles. The summed E-state index contributed by atoms with van der Waals surface area (Å²) in [6.45, 7) is 10.2. The van der Waals surface area contributed by atoms with Gasteiger partial charge in [-0.2, -0.15) is 0 Å². The van der Waals surface area contributed by atoms with Gasteiger partial charge in [-0.05, 0) is 60.6 Å². The maximum atomic E-state index is 13.6. The van der Waals surface area contributed by atoms with Crippen LogP contribution in [0.3, 0.4) is 0 Å². The molecule has 0 saturated carbocycles. The highest BCUT2D eigenvalue weighted by molar-refractivity contribution is 5.83. The summed E-state index contributed by atoms with van der Waals surface area (Å²) in [4.78, 5) is 37.6. The first-order valence-corrected chi connectivity index (χ1v) is 16.1. The lowest BCUT2D eigenvalue weighted by molar-refractivity contribution is -0.183. The number of ether oxygens (including phenoxy) is 2. The molecule has 0 bridgehead atoms. The van der Waals surface area contributed by atoms with E-state index in [1.165, 1.54) is 12.1 Å². The van der Waals surface area contributed by atoms with Crippen molar-refractivity contribution in [2.45, 2.75) is 77.0 Å². The molecule has 13 heteroatoms. The number of piperidine rings is 1. The van der Waals surface area contributed by atoms with E-state index in [9.17, 15) is 18.8 Å². The van der Waals surface area contributed by atoms with Gasteiger partial charge in [0.15, 0.2) is 18.5 Å². The summed E-state index contributed by atoms with van der Waals surface area (Å²) in [7, 11) is 0. The molecule has 0 spiro atoms. The second kappa shape index (κ2) is 19.3. The molecule has 47 heavy (non-hydrogen) atoms. The fourth-order valence-corrected chi connectivity index (χ4v) is 5.26. The Bertz CT molecular complexity index is 1230. The lowest BCUT2D eigenvalue weighted by atomic mass is 10.0. The highest BCUT2D eigenvalue weighted by atomic mass is 19.1. The number of hydrogen-bond acceptors (Lipinski definition) is 9. The lowest BCUT2D eigenvalue weighted by Crippen LogP contribution is -2.48. The fraction of sp³-hybridized carbons (Fsp3) is 0.559. The number of benzene rings is 2. The van der Waals surface area contributed by atoms with Gasteiger partial charge >= 0.3 is 11.9 Å². The number of nitrogens with one attached hydrogen (secondary N) is 1. The fourth-order valence-electron chi connectivity index (χ4n) is 5.26. The van der Waals surface area contributed by atoms with E-state index in [0.29, 0.717) is 18.9 Å². The first-order chi connectivity index (χ1) is 22.4. The van der Waals surface area contributed by atoms with Crippen LogP contribution in [0.1, 0.15) is 50.7 Å². The lowest BCUT2D eigenvalue weighted by Gasteiger charge is -2.39. The van der Waals surface area contributed by atoms with Crippen LogP contribution in [0.4, 0.5) is 10.1 Å². The molecule has 2 heterocycles. The number of carboxylic acids is 2. The minimum atomic E-state index is -2.27. The van der Waals surface area contributed by atoms with Crippen molar-refractivity contribution < 1.29 is 48.7 Å². The first kappa shape index (κ1) is 37.8. The van der Waals surface area contributed by atoms with Crippen molar-refractivity contribution in [1.82, 2.24) is 9.80 Å². The zero-order valence-electron chi connectivity index (χ0n) is 27.1. The number of carbonyl (C=O) groups excluding carboxylic acids is 1. The maximum Gasteiger partial charge on any atom is 0.335 e. The van der Waals surface area contributed by atoms with Gasteiger partial charge in [0.2, 0.25) is 5.91 Å². The Kier molecular flexibility index (Phi) is 15.5. The number of aliphatic carboxylic acids is 2. The van der Waals surface area contributed by atoms with Crippen LogP contribution in [0.5, 0.6) is 0 Å². The first-order valence-electron chi connectivity index (χ1n) is 16.1. The topological polar surface area (TPSA) is 169 Å². The smallest absolute Gasteiger partial charge is 0.335 e. The maximum absolute atomic E-state index is 13.6. The zero-order valence-corrected chi connectivity index (χ0v) is 27.1. The van der Waals surface area contributed by atoms with Crippen molar-refractivity contribution in [1.29, 1.82) is 0 Å². The number of aliphatic hydroxyl groups excluding tert-OH is 2. The Hall–Kier alpha value is -3.62. The van der Waals surface area contributed by atoms with E-state index in [1.54, 1.807) is 12.1 Å². The van der Waals surface area contributed by atoms with Crippen LogP contribution in [0.15, 0.2) is 48.5 Å². The molecule has 2 unspecified atom stereocenters. The number of carboxylic acid groups (broad SMARTS) is 2. The predicted molar refractivity (Wildman–Crippen MR) is 172 cm³/mol. The van der Waals surface area contributed by atoms with Crippen LogP contribution in [-0.4, -0.2) is 112 Å². The van der Waals surface area contributed by atoms with Crippen molar-refractivity contribution in [3.8, 4) is 0 Å². The minimum absolute atomic E-state index is 0.0880. The molecule has 2 fully saturated rings. The number of carbonyl (C=O) groups is 3. The number of aliphatic hydroxyl groups is 2. The van der Waals surface area contributed by atoms with E-state index in [2.05, 4.69) is 24.1 Å². The Morgan fingerprint density at radius 3 is 2.00 bits per heavy atom. The summed E-state index contributed by atoms with van der Waals surface area (Å²) < 4.78 is 24.9. The molecule has 260 valence electrons. The molecule has 5 N–H and O–H groups in total. The van der Waals surface area contributed by atoms with Crippen LogP contribution in [0, 0.1) is 11.7 Å². The Balaban J connectivity index is 0.000000520. The summed E-state index contributed by atoms with van der Waals surface area (Å²) in [6, 6.07) is 14.8. The van der Waals surface area contributed by atoms with Crippen molar-refractivity contribution in [2.24, 2.45) is 5.92 Å². The van der Waals surface area contributed by atoms with Crippen molar-refractivity contribution in [2.75, 3.05) is 44.7 Å². The third-order valence-electron chi connectivity index (χ3n) is 7.99. The number of amides is 1. The second-order valence-corrected chi connectivity index (χ2v) is 12.2. The van der Waals surface area contributed by atoms with E-state index in [0.717, 1.165) is 81.9 Å². The van der Waals surface area contributed by atoms with Gasteiger partial charge in [0.1, 0.15) is 5.82 Å². The molecular formula is C34H48FN3O9. The van der Waals surface area contributed by atoms with E-state index < -0.39 is 24.1 Å². The molecule has 0 aliphatic carbocycles. The molecule has 1 amide bonds. The zero-order chi connectivity index (χ0) is 34.3. The third-order valence-corrected chi connectivity index (χ3v) is 7.99. The normalized spacial score (nSPS) is 17.3. The standard InChI is InChI=1S/C30H42FN3O3.C4H6O6/c1-23(2)21-32-27-10-6-24(7-11-27)20-29(35)34(22-25-4-8-26(31)9-5-25)28-12-15-33(16-13-28)17-14-30-36-18-3-19-37-30;5-1(3(7)8)2(6)4(9)10/h4-11,23,28,30,32H,3,12-22H2,1-2H3;1-2,5-6H,(H,7,8)(H,9,10). The van der Waals surface area contributed by atoms with Crippen molar-refractivity contribution >= 4 is 23.5 Å². The number of rotatable bonds is 14. The number of nitrogens with zero attached hydrogens (tertiary/aromatic N) is 2. The minimum Gasteiger partial charge on any atom is -0.479 e. The van der Waals surface area contributed by atoms with E-state index in [4.69, 9.17) is 29.9 Å². The van der Waals surface area contributed by atoms with Gasteiger partial charge in [0.25, 0.3) is 0 Å². The van der Waals surface area contributed by atoms with Crippen molar-refractivity contribution in [3.05, 3.63) is 65.5 Å². The van der Waals surface area contributed by atoms with E-state index >= 15 is 0 Å². The van der Waals surface area contributed by atoms with Gasteiger partial charge in [0.05, 0.1) is 19.6 Å². The van der Waals surface area contributed by atoms with Crippen LogP contribution in [0.2, 0.25) is 0 Å². The highest BCUT2D eigenvalue weighted by Crippen LogP contribution is 2.22. The summed E-state index contributed by atoms with van der Waals surface area (Å²) in [5, 5.41) is 36.0. The Morgan fingerprint density at radius 1 is 0.915 bits per heavy atom. The average molecular weight is 662 g/mol. The summed E-state index contributed by atoms with van der Waals surface area (Å²) >= 11 is 0. The molecule has 2 atom stereocenters. The SMILES string of the molecule is CC(C)CNc1ccc(CC(=O)N(Cc2ccc(F)cc2)C2CCN(CCC3OCCCO3)CC2)cc1.O=C(O)C(O)C(O)C(=O)O. The largest absolute Gasteiger partial charge is 0.479 e. The second-order valence-electron chi connectivity index (χ2n) is 12.2. The molecule has 2 aliphatic rings. The Morgan fingerprint density at radius 2 is 1.47 bits per heavy atom. The van der Waals surface area contributed by atoms with Gasteiger partial charge in [-0.1, -0.05) is 38.1 Å². The number of anilines is 1. The van der Waals surface area contributed by atoms with Gasteiger partial charge in [-0.25, -0.2) is 14.0 Å². The van der Waals surface area contributed by atoms with Crippen LogP contribution in [-0.2, 0) is 36.8 Å². The van der Waals surface area contributed by atoms with Crippen molar-refractivity contribution in [3.63, 3.8) is 0 Å². The third kappa shape index (κ3) is 13.2. The number of likely N-dealkylation sites (tertiary alicyclic amines) is 1. The van der Waals surface area contributed by atoms with Gasteiger partial charge in [0, 0.05) is 50.9 Å². The average Bonchev–Trinajstić information content (AvgIpc) is 3.07. The molecule has 0 aromatic heterocycles.